The molecular formula is C14H9BrClFN2S. The Labute approximate surface area is 132 Å². The van der Waals surface area contributed by atoms with Gasteiger partial charge in [0.05, 0.1) is 10.9 Å². The second kappa shape index (κ2) is 5.06. The zero-order valence-corrected chi connectivity index (χ0v) is 13.8. The van der Waals surface area contributed by atoms with Crippen molar-refractivity contribution in [2.75, 3.05) is 0 Å². The SMILES string of the molecule is Cc1sc2nc(-c3ccc(Br)cc3F)nc(Cl)c2c1C. The fourth-order valence-electron chi connectivity index (χ4n) is 1.99. The van der Waals surface area contributed by atoms with Crippen LogP contribution in [0.25, 0.3) is 21.6 Å². The van der Waals surface area contributed by atoms with Crippen LogP contribution in [0.1, 0.15) is 10.4 Å². The zero-order chi connectivity index (χ0) is 14.4. The normalized spacial score (nSPS) is 11.2. The molecule has 0 aliphatic heterocycles. The monoisotopic (exact) mass is 370 g/mol. The molecule has 2 aromatic heterocycles. The van der Waals surface area contributed by atoms with E-state index in [1.54, 1.807) is 23.5 Å². The summed E-state index contributed by atoms with van der Waals surface area (Å²) in [7, 11) is 0. The highest BCUT2D eigenvalue weighted by molar-refractivity contribution is 9.10. The van der Waals surface area contributed by atoms with Gasteiger partial charge in [-0.1, -0.05) is 27.5 Å². The maximum Gasteiger partial charge on any atom is 0.165 e. The van der Waals surface area contributed by atoms with Crippen molar-refractivity contribution >= 4 is 49.1 Å². The van der Waals surface area contributed by atoms with Crippen LogP contribution in [0.5, 0.6) is 0 Å². The van der Waals surface area contributed by atoms with E-state index in [0.29, 0.717) is 21.0 Å². The van der Waals surface area contributed by atoms with Crippen LogP contribution in [0.3, 0.4) is 0 Å². The molecule has 2 nitrogen and oxygen atoms in total. The predicted octanol–water partition coefficient (Wildman–Crippen LogP) is 5.53. The van der Waals surface area contributed by atoms with E-state index < -0.39 is 0 Å². The van der Waals surface area contributed by atoms with Crippen LogP contribution >= 0.6 is 38.9 Å². The van der Waals surface area contributed by atoms with Crippen LogP contribution in [-0.2, 0) is 0 Å². The van der Waals surface area contributed by atoms with Gasteiger partial charge in [0, 0.05) is 9.35 Å². The highest BCUT2D eigenvalue weighted by Crippen LogP contribution is 2.35. The Morgan fingerprint density at radius 2 is 2.00 bits per heavy atom. The lowest BCUT2D eigenvalue weighted by molar-refractivity contribution is 0.629. The first kappa shape index (κ1) is 13.9. The number of hydrogen-bond donors (Lipinski definition) is 0. The molecule has 2 heterocycles. The molecule has 3 aromatic rings. The summed E-state index contributed by atoms with van der Waals surface area (Å²) in [6, 6.07) is 4.79. The third-order valence-electron chi connectivity index (χ3n) is 3.16. The molecule has 0 saturated heterocycles. The number of hydrogen-bond acceptors (Lipinski definition) is 3. The van der Waals surface area contributed by atoms with Crippen molar-refractivity contribution in [1.29, 1.82) is 0 Å². The zero-order valence-electron chi connectivity index (χ0n) is 10.7. The van der Waals surface area contributed by atoms with E-state index in [9.17, 15) is 4.39 Å². The maximum absolute atomic E-state index is 14.0. The second-order valence-electron chi connectivity index (χ2n) is 4.43. The average Bonchev–Trinajstić information content (AvgIpc) is 2.65. The number of halogens is 3. The average molecular weight is 372 g/mol. The molecule has 0 aliphatic carbocycles. The lowest BCUT2D eigenvalue weighted by Gasteiger charge is -2.04. The molecule has 0 radical (unpaired) electrons. The molecule has 0 bridgehead atoms. The molecule has 0 fully saturated rings. The third kappa shape index (κ3) is 2.24. The molecule has 3 rings (SSSR count). The topological polar surface area (TPSA) is 25.8 Å². The molecule has 0 atom stereocenters. The second-order valence-corrected chi connectivity index (χ2v) is 6.90. The molecule has 0 amide bonds. The van der Waals surface area contributed by atoms with Gasteiger partial charge >= 0.3 is 0 Å². The van der Waals surface area contributed by atoms with E-state index >= 15 is 0 Å². The Balaban J connectivity index is 2.27. The van der Waals surface area contributed by atoms with E-state index in [2.05, 4.69) is 25.9 Å². The van der Waals surface area contributed by atoms with Gasteiger partial charge in [0.15, 0.2) is 5.82 Å². The Kier molecular flexibility index (Phi) is 3.52. The van der Waals surface area contributed by atoms with Crippen molar-refractivity contribution in [1.82, 2.24) is 9.97 Å². The molecule has 0 saturated carbocycles. The summed E-state index contributed by atoms with van der Waals surface area (Å²) < 4.78 is 14.7. The van der Waals surface area contributed by atoms with Gasteiger partial charge in [-0.05, 0) is 37.6 Å². The Hall–Kier alpha value is -1.04. The van der Waals surface area contributed by atoms with Crippen LogP contribution < -0.4 is 0 Å². The van der Waals surface area contributed by atoms with Gasteiger partial charge in [-0.15, -0.1) is 11.3 Å². The number of thiophene rings is 1. The Bertz CT molecular complexity index is 832. The number of aryl methyl sites for hydroxylation is 2. The summed E-state index contributed by atoms with van der Waals surface area (Å²) in [4.78, 5) is 10.6. The summed E-state index contributed by atoms with van der Waals surface area (Å²) in [5.74, 6) is -0.0615. The Morgan fingerprint density at radius 3 is 2.70 bits per heavy atom. The lowest BCUT2D eigenvalue weighted by atomic mass is 10.2. The van der Waals surface area contributed by atoms with Crippen LogP contribution in [0.2, 0.25) is 5.15 Å². The first-order valence-electron chi connectivity index (χ1n) is 5.86. The molecule has 0 spiro atoms. The van der Waals surface area contributed by atoms with Gasteiger partial charge in [-0.2, -0.15) is 0 Å². The van der Waals surface area contributed by atoms with Crippen molar-refractivity contribution in [3.8, 4) is 11.4 Å². The molecule has 6 heteroatoms. The van der Waals surface area contributed by atoms with Crippen LogP contribution in [0, 0.1) is 19.7 Å². The van der Waals surface area contributed by atoms with Gasteiger partial charge < -0.3 is 0 Å². The van der Waals surface area contributed by atoms with E-state index in [-0.39, 0.29) is 5.82 Å². The van der Waals surface area contributed by atoms with E-state index in [1.165, 1.54) is 6.07 Å². The third-order valence-corrected chi connectivity index (χ3v) is 5.02. The van der Waals surface area contributed by atoms with Gasteiger partial charge in [-0.3, -0.25) is 0 Å². The predicted molar refractivity (Wildman–Crippen MR) is 85.0 cm³/mol. The van der Waals surface area contributed by atoms with Crippen LogP contribution in [0.4, 0.5) is 4.39 Å². The van der Waals surface area contributed by atoms with Crippen molar-refractivity contribution in [2.45, 2.75) is 13.8 Å². The fourth-order valence-corrected chi connectivity index (χ4v) is 3.72. The summed E-state index contributed by atoms with van der Waals surface area (Å²) in [5, 5.41) is 1.23. The van der Waals surface area contributed by atoms with E-state index in [4.69, 9.17) is 11.6 Å². The molecule has 0 N–H and O–H groups in total. The molecule has 0 aliphatic rings. The summed E-state index contributed by atoms with van der Waals surface area (Å²) in [6.45, 7) is 4.00. The van der Waals surface area contributed by atoms with Crippen LogP contribution in [0.15, 0.2) is 22.7 Å². The van der Waals surface area contributed by atoms with Crippen molar-refractivity contribution < 1.29 is 4.39 Å². The fraction of sp³-hybridized carbons (Fsp3) is 0.143. The van der Waals surface area contributed by atoms with Crippen molar-refractivity contribution in [3.05, 3.63) is 44.1 Å². The van der Waals surface area contributed by atoms with Gasteiger partial charge in [0.2, 0.25) is 0 Å². The first-order chi connectivity index (χ1) is 9.47. The molecular weight excluding hydrogens is 363 g/mol. The number of rotatable bonds is 1. The molecule has 20 heavy (non-hydrogen) atoms. The summed E-state index contributed by atoms with van der Waals surface area (Å²) >= 11 is 11.0. The van der Waals surface area contributed by atoms with Gasteiger partial charge in [-0.25, -0.2) is 14.4 Å². The first-order valence-corrected chi connectivity index (χ1v) is 7.85. The van der Waals surface area contributed by atoms with Crippen molar-refractivity contribution in [3.63, 3.8) is 0 Å². The van der Waals surface area contributed by atoms with E-state index in [1.807, 2.05) is 13.8 Å². The van der Waals surface area contributed by atoms with Crippen molar-refractivity contribution in [2.24, 2.45) is 0 Å². The van der Waals surface area contributed by atoms with Gasteiger partial charge in [0.1, 0.15) is 15.8 Å². The quantitative estimate of drug-likeness (QED) is 0.526. The number of fused-ring (bicyclic) bond motifs is 1. The summed E-state index contributed by atoms with van der Waals surface area (Å²) in [5.41, 5.74) is 1.43. The summed E-state index contributed by atoms with van der Waals surface area (Å²) in [6.07, 6.45) is 0. The minimum atomic E-state index is -0.375. The Morgan fingerprint density at radius 1 is 1.25 bits per heavy atom. The minimum Gasteiger partial charge on any atom is -0.217 e. The number of nitrogens with zero attached hydrogens (tertiary/aromatic N) is 2. The lowest BCUT2D eigenvalue weighted by Crippen LogP contribution is -1.93. The molecule has 102 valence electrons. The maximum atomic E-state index is 14.0. The van der Waals surface area contributed by atoms with E-state index in [0.717, 1.165) is 20.7 Å². The standard InChI is InChI=1S/C14H9BrClFN2S/c1-6-7(2)20-14-11(6)12(16)18-13(19-14)9-4-3-8(15)5-10(9)17/h3-5H,1-2H3. The smallest absolute Gasteiger partial charge is 0.165 e. The molecule has 1 aromatic carbocycles. The van der Waals surface area contributed by atoms with Gasteiger partial charge in [0.25, 0.3) is 0 Å². The largest absolute Gasteiger partial charge is 0.217 e. The van der Waals surface area contributed by atoms with Crippen LogP contribution in [-0.4, -0.2) is 9.97 Å². The minimum absolute atomic E-state index is 0.314. The number of benzene rings is 1. The molecule has 0 unspecified atom stereocenters. The highest BCUT2D eigenvalue weighted by atomic mass is 79.9. The number of aromatic nitrogens is 2. The highest BCUT2D eigenvalue weighted by Gasteiger charge is 2.16.